The van der Waals surface area contributed by atoms with Gasteiger partial charge in [-0.1, -0.05) is 0 Å². The highest BCUT2D eigenvalue weighted by Gasteiger charge is 2.36. The molecular weight excluding hydrogens is 328 g/mol. The number of hydrogen-bond donors (Lipinski definition) is 2. The number of nitro benzene ring substituents is 1. The SMILES string of the molecule is O=C(NC1CNC1)[C@@H]1CCCN1C(=O)OCc1ccc([N+](=O)[O-])cc1. The van der Waals surface area contributed by atoms with E-state index in [1.54, 1.807) is 12.1 Å². The lowest BCUT2D eigenvalue weighted by Gasteiger charge is -2.31. The number of hydrogen-bond acceptors (Lipinski definition) is 6. The van der Waals surface area contributed by atoms with Gasteiger partial charge >= 0.3 is 6.09 Å². The van der Waals surface area contributed by atoms with Crippen molar-refractivity contribution in [2.24, 2.45) is 0 Å². The number of ether oxygens (including phenoxy) is 1. The molecule has 1 atom stereocenters. The molecule has 2 aliphatic rings. The molecule has 2 heterocycles. The third kappa shape index (κ3) is 4.05. The van der Waals surface area contributed by atoms with Crippen molar-refractivity contribution in [3.63, 3.8) is 0 Å². The Morgan fingerprint density at radius 1 is 1.32 bits per heavy atom. The van der Waals surface area contributed by atoms with E-state index in [0.29, 0.717) is 18.5 Å². The molecule has 0 aromatic heterocycles. The van der Waals surface area contributed by atoms with Crippen LogP contribution in [0.25, 0.3) is 0 Å². The van der Waals surface area contributed by atoms with Gasteiger partial charge in [0.2, 0.25) is 5.91 Å². The molecule has 0 aliphatic carbocycles. The summed E-state index contributed by atoms with van der Waals surface area (Å²) < 4.78 is 5.26. The average molecular weight is 348 g/mol. The fourth-order valence-electron chi connectivity index (χ4n) is 2.89. The van der Waals surface area contributed by atoms with Crippen LogP contribution in [-0.4, -0.2) is 53.5 Å². The number of carbonyl (C=O) groups is 2. The van der Waals surface area contributed by atoms with E-state index >= 15 is 0 Å². The minimum atomic E-state index is -0.539. The highest BCUT2D eigenvalue weighted by Crippen LogP contribution is 2.20. The number of carbonyl (C=O) groups excluding carboxylic acids is 2. The maximum Gasteiger partial charge on any atom is 0.410 e. The summed E-state index contributed by atoms with van der Waals surface area (Å²) in [6.45, 7) is 2.00. The fraction of sp³-hybridized carbons (Fsp3) is 0.500. The molecule has 1 aromatic rings. The molecule has 0 saturated carbocycles. The molecule has 2 saturated heterocycles. The molecule has 1 aromatic carbocycles. The lowest BCUT2D eigenvalue weighted by atomic mass is 10.1. The van der Waals surface area contributed by atoms with Crippen molar-refractivity contribution >= 4 is 17.7 Å². The second kappa shape index (κ2) is 7.47. The molecule has 3 rings (SSSR count). The van der Waals surface area contributed by atoms with Crippen molar-refractivity contribution in [2.75, 3.05) is 19.6 Å². The number of nitrogens with one attached hydrogen (secondary N) is 2. The molecule has 0 bridgehead atoms. The van der Waals surface area contributed by atoms with Gasteiger partial charge in [0.1, 0.15) is 12.6 Å². The number of likely N-dealkylation sites (tertiary alicyclic amines) is 1. The van der Waals surface area contributed by atoms with Crippen molar-refractivity contribution in [1.29, 1.82) is 0 Å². The van der Waals surface area contributed by atoms with Crippen LogP contribution in [0, 0.1) is 10.1 Å². The summed E-state index contributed by atoms with van der Waals surface area (Å²) in [7, 11) is 0. The minimum absolute atomic E-state index is 0.00815. The smallest absolute Gasteiger partial charge is 0.410 e. The van der Waals surface area contributed by atoms with Gasteiger partial charge in [0.15, 0.2) is 0 Å². The summed E-state index contributed by atoms with van der Waals surface area (Å²) >= 11 is 0. The standard InChI is InChI=1S/C16H20N4O5/c21-15(18-12-8-17-9-12)14-2-1-7-19(14)16(22)25-10-11-3-5-13(6-4-11)20(23)24/h3-6,12,14,17H,1-2,7-10H2,(H,18,21)/t14-/m0/s1. The predicted molar refractivity (Wildman–Crippen MR) is 87.8 cm³/mol. The van der Waals surface area contributed by atoms with E-state index in [1.807, 2.05) is 0 Å². The number of non-ortho nitro benzene ring substituents is 1. The van der Waals surface area contributed by atoms with Gasteiger partial charge < -0.3 is 15.4 Å². The van der Waals surface area contributed by atoms with Crippen molar-refractivity contribution in [3.8, 4) is 0 Å². The zero-order valence-electron chi connectivity index (χ0n) is 13.6. The van der Waals surface area contributed by atoms with Crippen molar-refractivity contribution < 1.29 is 19.2 Å². The number of benzene rings is 1. The summed E-state index contributed by atoms with van der Waals surface area (Å²) in [4.78, 5) is 36.2. The second-order valence-corrected chi connectivity index (χ2v) is 6.19. The van der Waals surface area contributed by atoms with Gasteiger partial charge in [0.05, 0.1) is 11.0 Å². The molecule has 0 spiro atoms. The van der Waals surface area contributed by atoms with Crippen LogP contribution in [0.1, 0.15) is 18.4 Å². The molecule has 2 amide bonds. The van der Waals surface area contributed by atoms with Gasteiger partial charge in [-0.15, -0.1) is 0 Å². The zero-order valence-corrected chi connectivity index (χ0v) is 13.6. The quantitative estimate of drug-likeness (QED) is 0.600. The molecule has 9 heteroatoms. The van der Waals surface area contributed by atoms with Crippen LogP contribution in [0.3, 0.4) is 0 Å². The lowest BCUT2D eigenvalue weighted by molar-refractivity contribution is -0.384. The van der Waals surface area contributed by atoms with Gasteiger partial charge in [-0.2, -0.15) is 0 Å². The first-order valence-electron chi connectivity index (χ1n) is 8.22. The first kappa shape index (κ1) is 17.2. The Kier molecular flexibility index (Phi) is 5.13. The van der Waals surface area contributed by atoms with Crippen molar-refractivity contribution in [1.82, 2.24) is 15.5 Å². The Morgan fingerprint density at radius 2 is 2.04 bits per heavy atom. The minimum Gasteiger partial charge on any atom is -0.445 e. The summed E-state index contributed by atoms with van der Waals surface area (Å²) in [6.07, 6.45) is 0.842. The van der Waals surface area contributed by atoms with E-state index in [0.717, 1.165) is 19.5 Å². The van der Waals surface area contributed by atoms with Crippen LogP contribution >= 0.6 is 0 Å². The van der Waals surface area contributed by atoms with Crippen molar-refractivity contribution in [3.05, 3.63) is 39.9 Å². The van der Waals surface area contributed by atoms with Crippen LogP contribution < -0.4 is 10.6 Å². The molecule has 2 fully saturated rings. The molecule has 2 N–H and O–H groups in total. The van der Waals surface area contributed by atoms with E-state index in [1.165, 1.54) is 17.0 Å². The first-order chi connectivity index (χ1) is 12.0. The maximum atomic E-state index is 12.3. The van der Waals surface area contributed by atoms with E-state index in [-0.39, 0.29) is 24.2 Å². The van der Waals surface area contributed by atoms with E-state index in [2.05, 4.69) is 10.6 Å². The molecule has 2 aliphatic heterocycles. The third-order valence-electron chi connectivity index (χ3n) is 4.43. The Bertz CT molecular complexity index is 659. The lowest BCUT2D eigenvalue weighted by Crippen LogP contribution is -2.60. The molecule has 9 nitrogen and oxygen atoms in total. The fourth-order valence-corrected chi connectivity index (χ4v) is 2.89. The molecule has 25 heavy (non-hydrogen) atoms. The van der Waals surface area contributed by atoms with Gasteiger partial charge in [-0.05, 0) is 30.5 Å². The Morgan fingerprint density at radius 3 is 2.64 bits per heavy atom. The summed E-state index contributed by atoms with van der Waals surface area (Å²) in [5.41, 5.74) is 0.636. The Labute approximate surface area is 144 Å². The monoisotopic (exact) mass is 348 g/mol. The summed E-state index contributed by atoms with van der Waals surface area (Å²) in [5, 5.41) is 16.6. The topological polar surface area (TPSA) is 114 Å². The average Bonchev–Trinajstić information content (AvgIpc) is 3.06. The molecular formula is C16H20N4O5. The van der Waals surface area contributed by atoms with E-state index < -0.39 is 17.1 Å². The number of amides is 2. The Balaban J connectivity index is 1.52. The number of nitro groups is 1. The van der Waals surface area contributed by atoms with E-state index in [4.69, 9.17) is 4.74 Å². The van der Waals surface area contributed by atoms with Crippen molar-refractivity contribution in [2.45, 2.75) is 31.5 Å². The van der Waals surface area contributed by atoms with Crippen LogP contribution in [-0.2, 0) is 16.1 Å². The third-order valence-corrected chi connectivity index (χ3v) is 4.43. The summed E-state index contributed by atoms with van der Waals surface area (Å²) in [5.74, 6) is -0.142. The maximum absolute atomic E-state index is 12.3. The van der Waals surface area contributed by atoms with Gasteiger partial charge in [0, 0.05) is 31.8 Å². The first-order valence-corrected chi connectivity index (χ1v) is 8.22. The zero-order chi connectivity index (χ0) is 17.8. The second-order valence-electron chi connectivity index (χ2n) is 6.19. The van der Waals surface area contributed by atoms with Gasteiger partial charge in [-0.25, -0.2) is 4.79 Å². The predicted octanol–water partition coefficient (Wildman–Crippen LogP) is 0.784. The largest absolute Gasteiger partial charge is 0.445 e. The molecule has 0 radical (unpaired) electrons. The highest BCUT2D eigenvalue weighted by molar-refractivity contribution is 5.86. The van der Waals surface area contributed by atoms with Gasteiger partial charge in [-0.3, -0.25) is 19.8 Å². The highest BCUT2D eigenvalue weighted by atomic mass is 16.6. The number of nitrogens with zero attached hydrogens (tertiary/aromatic N) is 2. The Hall–Kier alpha value is -2.68. The van der Waals surface area contributed by atoms with Crippen LogP contribution in [0.15, 0.2) is 24.3 Å². The van der Waals surface area contributed by atoms with Gasteiger partial charge in [0.25, 0.3) is 5.69 Å². The van der Waals surface area contributed by atoms with Crippen LogP contribution in [0.2, 0.25) is 0 Å². The summed E-state index contributed by atoms with van der Waals surface area (Å²) in [6, 6.07) is 5.45. The normalized spacial score (nSPS) is 20.0. The number of rotatable bonds is 5. The molecule has 134 valence electrons. The van der Waals surface area contributed by atoms with E-state index in [9.17, 15) is 19.7 Å². The molecule has 0 unspecified atom stereocenters. The van der Waals surface area contributed by atoms with Crippen LogP contribution in [0.4, 0.5) is 10.5 Å². The van der Waals surface area contributed by atoms with Crippen LogP contribution in [0.5, 0.6) is 0 Å².